The monoisotopic (exact) mass is 336 g/mol. The number of carbonyl (C=O) groups excluding carboxylic acids is 1. The summed E-state index contributed by atoms with van der Waals surface area (Å²) in [6, 6.07) is 11.3. The lowest BCUT2D eigenvalue weighted by Gasteiger charge is -2.10. The van der Waals surface area contributed by atoms with Crippen LogP contribution >= 0.6 is 0 Å². The highest BCUT2D eigenvalue weighted by atomic mass is 16.5. The number of ether oxygens (including phenoxy) is 1. The van der Waals surface area contributed by atoms with Gasteiger partial charge >= 0.3 is 0 Å². The first-order chi connectivity index (χ1) is 12.2. The quantitative estimate of drug-likeness (QED) is 0.719. The molecule has 3 rings (SSSR count). The highest BCUT2D eigenvalue weighted by Gasteiger charge is 2.08. The molecule has 0 aliphatic carbocycles. The van der Waals surface area contributed by atoms with Crippen molar-refractivity contribution in [3.63, 3.8) is 0 Å². The lowest BCUT2D eigenvalue weighted by molar-refractivity contribution is 0.1000. The molecule has 128 valence electrons. The predicted octanol–water partition coefficient (Wildman–Crippen LogP) is 2.69. The molecule has 0 saturated heterocycles. The van der Waals surface area contributed by atoms with Gasteiger partial charge in [0.2, 0.25) is 5.91 Å². The smallest absolute Gasteiger partial charge is 0.248 e. The van der Waals surface area contributed by atoms with E-state index in [-0.39, 0.29) is 0 Å². The standard InChI is InChI=1S/C19H20N4O2/c1-2-25-18-6-4-3-5-14(18)8-10-23-12-17(22-13-23)16-11-15(19(20)24)7-9-21-16/h3-7,9,11-13H,2,8,10H2,1H3,(H2,20,24). The number of nitrogens with two attached hydrogens (primary N) is 1. The number of hydrogen-bond donors (Lipinski definition) is 1. The van der Waals surface area contributed by atoms with Gasteiger partial charge in [0, 0.05) is 24.5 Å². The Morgan fingerprint density at radius 1 is 1.20 bits per heavy atom. The third kappa shape index (κ3) is 4.03. The number of nitrogens with zero attached hydrogens (tertiary/aromatic N) is 3. The van der Waals surface area contributed by atoms with Gasteiger partial charge in [-0.1, -0.05) is 18.2 Å². The summed E-state index contributed by atoms with van der Waals surface area (Å²) < 4.78 is 7.65. The minimum absolute atomic E-state index is 0.421. The molecule has 2 N–H and O–H groups in total. The van der Waals surface area contributed by atoms with E-state index in [4.69, 9.17) is 10.5 Å². The minimum atomic E-state index is -0.476. The second kappa shape index (κ2) is 7.61. The average molecular weight is 336 g/mol. The topological polar surface area (TPSA) is 83.0 Å². The molecule has 0 aliphatic rings. The van der Waals surface area contributed by atoms with Crippen LogP contribution in [0, 0.1) is 0 Å². The molecule has 0 radical (unpaired) electrons. The van der Waals surface area contributed by atoms with E-state index in [1.807, 2.05) is 35.9 Å². The van der Waals surface area contributed by atoms with Crippen LogP contribution in [-0.2, 0) is 13.0 Å². The fraction of sp³-hybridized carbons (Fsp3) is 0.211. The van der Waals surface area contributed by atoms with Crippen molar-refractivity contribution in [2.75, 3.05) is 6.61 Å². The van der Waals surface area contributed by atoms with Crippen LogP contribution in [0.2, 0.25) is 0 Å². The summed E-state index contributed by atoms with van der Waals surface area (Å²) in [5, 5.41) is 0. The van der Waals surface area contributed by atoms with Crippen LogP contribution in [0.25, 0.3) is 11.4 Å². The Morgan fingerprint density at radius 2 is 2.04 bits per heavy atom. The summed E-state index contributed by atoms with van der Waals surface area (Å²) in [7, 11) is 0. The maximum atomic E-state index is 11.3. The van der Waals surface area contributed by atoms with E-state index in [2.05, 4.69) is 16.0 Å². The number of aryl methyl sites for hydroxylation is 2. The molecular formula is C19H20N4O2. The molecule has 2 aromatic heterocycles. The molecule has 0 aliphatic heterocycles. The Bertz CT molecular complexity index is 873. The largest absolute Gasteiger partial charge is 0.494 e. The minimum Gasteiger partial charge on any atom is -0.494 e. The van der Waals surface area contributed by atoms with Gasteiger partial charge in [0.15, 0.2) is 0 Å². The molecule has 3 aromatic rings. The van der Waals surface area contributed by atoms with Gasteiger partial charge in [-0.15, -0.1) is 0 Å². The number of primary amides is 1. The van der Waals surface area contributed by atoms with Crippen molar-refractivity contribution < 1.29 is 9.53 Å². The van der Waals surface area contributed by atoms with Crippen LogP contribution in [-0.4, -0.2) is 27.0 Å². The van der Waals surface area contributed by atoms with E-state index < -0.39 is 5.91 Å². The van der Waals surface area contributed by atoms with Crippen LogP contribution < -0.4 is 10.5 Å². The Hall–Kier alpha value is -3.15. The van der Waals surface area contributed by atoms with Crippen LogP contribution in [0.1, 0.15) is 22.8 Å². The second-order valence-electron chi connectivity index (χ2n) is 5.58. The zero-order valence-corrected chi connectivity index (χ0v) is 14.1. The van der Waals surface area contributed by atoms with Crippen molar-refractivity contribution in [2.24, 2.45) is 5.73 Å². The molecule has 0 spiro atoms. The van der Waals surface area contributed by atoms with Gasteiger partial charge in [0.25, 0.3) is 0 Å². The number of rotatable bonds is 7. The van der Waals surface area contributed by atoms with Gasteiger partial charge in [-0.2, -0.15) is 0 Å². The molecule has 25 heavy (non-hydrogen) atoms. The number of hydrogen-bond acceptors (Lipinski definition) is 4. The summed E-state index contributed by atoms with van der Waals surface area (Å²) >= 11 is 0. The van der Waals surface area contributed by atoms with Crippen molar-refractivity contribution in [1.82, 2.24) is 14.5 Å². The lowest BCUT2D eigenvalue weighted by Crippen LogP contribution is -2.11. The Kier molecular flexibility index (Phi) is 5.09. The van der Waals surface area contributed by atoms with E-state index in [1.165, 1.54) is 0 Å². The Labute approximate surface area is 146 Å². The first-order valence-corrected chi connectivity index (χ1v) is 8.16. The molecule has 0 unspecified atom stereocenters. The van der Waals surface area contributed by atoms with Crippen molar-refractivity contribution in [1.29, 1.82) is 0 Å². The van der Waals surface area contributed by atoms with Gasteiger partial charge in [-0.25, -0.2) is 4.98 Å². The fourth-order valence-corrected chi connectivity index (χ4v) is 2.59. The van der Waals surface area contributed by atoms with Gasteiger partial charge in [-0.05, 0) is 37.1 Å². The number of aromatic nitrogens is 3. The van der Waals surface area contributed by atoms with E-state index in [1.54, 1.807) is 24.7 Å². The zero-order chi connectivity index (χ0) is 17.6. The summed E-state index contributed by atoms with van der Waals surface area (Å²) in [5.41, 5.74) is 8.23. The van der Waals surface area contributed by atoms with Gasteiger partial charge < -0.3 is 15.0 Å². The SMILES string of the molecule is CCOc1ccccc1CCn1cnc(-c2cc(C(N)=O)ccn2)c1. The van der Waals surface area contributed by atoms with Crippen molar-refractivity contribution in [3.8, 4) is 17.1 Å². The number of amides is 1. The number of para-hydroxylation sites is 1. The summed E-state index contributed by atoms with van der Waals surface area (Å²) in [4.78, 5) is 19.9. The Balaban J connectivity index is 1.72. The zero-order valence-electron chi connectivity index (χ0n) is 14.1. The maximum absolute atomic E-state index is 11.3. The first-order valence-electron chi connectivity index (χ1n) is 8.16. The fourth-order valence-electron chi connectivity index (χ4n) is 2.59. The first kappa shape index (κ1) is 16.7. The molecule has 1 aromatic carbocycles. The summed E-state index contributed by atoms with van der Waals surface area (Å²) in [6.45, 7) is 3.40. The van der Waals surface area contributed by atoms with E-state index in [9.17, 15) is 4.79 Å². The molecule has 0 saturated carbocycles. The van der Waals surface area contributed by atoms with Crippen LogP contribution in [0.4, 0.5) is 0 Å². The predicted molar refractivity (Wildman–Crippen MR) is 95.3 cm³/mol. The molecule has 1 amide bonds. The van der Waals surface area contributed by atoms with Crippen LogP contribution in [0.15, 0.2) is 55.1 Å². The molecule has 0 atom stereocenters. The number of benzene rings is 1. The summed E-state index contributed by atoms with van der Waals surface area (Å²) in [5.74, 6) is 0.441. The van der Waals surface area contributed by atoms with Crippen molar-refractivity contribution in [2.45, 2.75) is 19.9 Å². The van der Waals surface area contributed by atoms with Crippen molar-refractivity contribution >= 4 is 5.91 Å². The number of pyridine rings is 1. The van der Waals surface area contributed by atoms with E-state index in [0.717, 1.165) is 24.3 Å². The van der Waals surface area contributed by atoms with E-state index in [0.29, 0.717) is 23.6 Å². The summed E-state index contributed by atoms with van der Waals surface area (Å²) in [6.07, 6.45) is 6.07. The lowest BCUT2D eigenvalue weighted by atomic mass is 10.1. The molecule has 2 heterocycles. The third-order valence-electron chi connectivity index (χ3n) is 3.85. The van der Waals surface area contributed by atoms with Crippen LogP contribution in [0.3, 0.4) is 0 Å². The highest BCUT2D eigenvalue weighted by molar-refractivity contribution is 5.93. The normalized spacial score (nSPS) is 10.6. The van der Waals surface area contributed by atoms with Crippen molar-refractivity contribution in [3.05, 3.63) is 66.2 Å². The molecule has 0 fully saturated rings. The third-order valence-corrected chi connectivity index (χ3v) is 3.85. The second-order valence-corrected chi connectivity index (χ2v) is 5.58. The van der Waals surface area contributed by atoms with Gasteiger partial charge in [0.1, 0.15) is 11.4 Å². The Morgan fingerprint density at radius 3 is 2.84 bits per heavy atom. The molecular weight excluding hydrogens is 316 g/mol. The molecule has 6 nitrogen and oxygen atoms in total. The van der Waals surface area contributed by atoms with Gasteiger partial charge in [-0.3, -0.25) is 9.78 Å². The number of imidazole rings is 1. The average Bonchev–Trinajstić information content (AvgIpc) is 3.10. The highest BCUT2D eigenvalue weighted by Crippen LogP contribution is 2.20. The molecule has 6 heteroatoms. The van der Waals surface area contributed by atoms with Crippen LogP contribution in [0.5, 0.6) is 5.75 Å². The molecule has 0 bridgehead atoms. The number of carbonyl (C=O) groups is 1. The van der Waals surface area contributed by atoms with E-state index >= 15 is 0 Å². The van der Waals surface area contributed by atoms with Gasteiger partial charge in [0.05, 0.1) is 18.6 Å². The maximum Gasteiger partial charge on any atom is 0.248 e.